The fraction of sp³-hybridized carbons (Fsp3) is 0.529. The van der Waals surface area contributed by atoms with Gasteiger partial charge >= 0.3 is 0 Å². The summed E-state index contributed by atoms with van der Waals surface area (Å²) in [6.45, 7) is 7.81. The lowest BCUT2D eigenvalue weighted by atomic mass is 10.0. The number of halogens is 3. The Hall–Kier alpha value is -1.05. The average molecular weight is 426 g/mol. The quantitative estimate of drug-likeness (QED) is 0.368. The van der Waals surface area contributed by atoms with Crippen molar-refractivity contribution in [2.75, 3.05) is 25.0 Å². The van der Waals surface area contributed by atoms with Crippen molar-refractivity contribution < 1.29 is 10.0 Å². The van der Waals surface area contributed by atoms with Crippen LogP contribution in [0.25, 0.3) is 6.08 Å². The molecule has 1 fully saturated rings. The number of hydrogen-bond donors (Lipinski definition) is 3. The summed E-state index contributed by atoms with van der Waals surface area (Å²) >= 11 is 6.28. The molecule has 0 radical (unpaired) electrons. The summed E-state index contributed by atoms with van der Waals surface area (Å²) < 4.78 is 0. The van der Waals surface area contributed by atoms with Crippen LogP contribution in [0.4, 0.5) is 5.82 Å². The van der Waals surface area contributed by atoms with E-state index in [1.54, 1.807) is 18.3 Å². The van der Waals surface area contributed by atoms with Crippen molar-refractivity contribution in [1.29, 1.82) is 0 Å². The molecule has 0 aliphatic carbocycles. The molecule has 0 spiro atoms. The van der Waals surface area contributed by atoms with Crippen molar-refractivity contribution in [2.45, 2.75) is 32.7 Å². The average Bonchev–Trinajstić information content (AvgIpc) is 2.56. The molecule has 1 aliphatic rings. The molecule has 0 unspecified atom stereocenters. The number of pyridine rings is 1. The Morgan fingerprint density at radius 1 is 1.42 bits per heavy atom. The molecule has 2 rings (SSSR count). The second-order valence-electron chi connectivity index (χ2n) is 6.52. The molecular weight excluding hydrogens is 399 g/mol. The van der Waals surface area contributed by atoms with Gasteiger partial charge < -0.3 is 10.2 Å². The summed E-state index contributed by atoms with van der Waals surface area (Å²) in [5.74, 6) is 0.767. The van der Waals surface area contributed by atoms with Crippen molar-refractivity contribution in [3.8, 4) is 0 Å². The Balaban J connectivity index is 0.00000312. The zero-order valence-electron chi connectivity index (χ0n) is 14.9. The van der Waals surface area contributed by atoms with Crippen molar-refractivity contribution in [2.24, 2.45) is 5.92 Å². The van der Waals surface area contributed by atoms with Crippen molar-refractivity contribution in [3.05, 3.63) is 28.9 Å². The van der Waals surface area contributed by atoms with Gasteiger partial charge in [0.1, 0.15) is 5.82 Å². The lowest BCUT2D eigenvalue weighted by Crippen LogP contribution is -2.40. The van der Waals surface area contributed by atoms with E-state index in [4.69, 9.17) is 16.8 Å². The molecule has 1 aromatic rings. The van der Waals surface area contributed by atoms with Crippen LogP contribution in [-0.2, 0) is 4.79 Å². The highest BCUT2D eigenvalue weighted by Gasteiger charge is 2.20. The molecule has 9 heteroatoms. The van der Waals surface area contributed by atoms with Crippen LogP contribution >= 0.6 is 36.4 Å². The predicted molar refractivity (Wildman–Crippen MR) is 111 cm³/mol. The van der Waals surface area contributed by atoms with Crippen LogP contribution in [0.5, 0.6) is 0 Å². The van der Waals surface area contributed by atoms with Gasteiger partial charge in [0, 0.05) is 37.9 Å². The second kappa shape index (κ2) is 12.4. The maximum Gasteiger partial charge on any atom is 0.267 e. The Morgan fingerprint density at radius 3 is 2.62 bits per heavy atom. The van der Waals surface area contributed by atoms with E-state index in [1.807, 2.05) is 0 Å². The van der Waals surface area contributed by atoms with E-state index in [9.17, 15) is 4.79 Å². The standard InChI is InChI=1S/C17H25ClN4O2.2ClH/c1-12(2)11-22-7-5-14(6-8-22)20-17-15(18)9-13(10-19-17)3-4-16(23)21-24;;/h3-4,9-10,12,14,24H,5-8,11H2,1-2H3,(H,19,20)(H,21,23);2*1H/b4-3+;;. The van der Waals surface area contributed by atoms with Crippen LogP contribution in [0.15, 0.2) is 18.3 Å². The summed E-state index contributed by atoms with van der Waals surface area (Å²) in [5.41, 5.74) is 2.23. The first-order valence-corrected chi connectivity index (χ1v) is 8.62. The topological polar surface area (TPSA) is 77.5 Å². The summed E-state index contributed by atoms with van der Waals surface area (Å²) in [6, 6.07) is 2.12. The number of likely N-dealkylation sites (tertiary alicyclic amines) is 1. The van der Waals surface area contributed by atoms with Gasteiger partial charge in [-0.1, -0.05) is 25.4 Å². The third-order valence-electron chi connectivity index (χ3n) is 3.95. The molecular formula is C17H27Cl3N4O2. The van der Waals surface area contributed by atoms with Crippen molar-refractivity contribution in [1.82, 2.24) is 15.4 Å². The van der Waals surface area contributed by atoms with Crippen LogP contribution in [0, 0.1) is 5.92 Å². The SMILES string of the molecule is CC(C)CN1CCC(Nc2ncc(/C=C/C(=O)NO)cc2Cl)CC1.Cl.Cl. The normalized spacial score (nSPS) is 15.4. The molecule has 1 aromatic heterocycles. The van der Waals surface area contributed by atoms with E-state index >= 15 is 0 Å². The molecule has 0 saturated carbocycles. The number of hydrogen-bond acceptors (Lipinski definition) is 5. The number of aromatic nitrogens is 1. The fourth-order valence-corrected chi connectivity index (χ4v) is 3.06. The van der Waals surface area contributed by atoms with E-state index in [-0.39, 0.29) is 24.8 Å². The Kier molecular flexibility index (Phi) is 11.9. The highest BCUT2D eigenvalue weighted by molar-refractivity contribution is 6.33. The molecule has 1 aliphatic heterocycles. The number of carbonyl (C=O) groups excluding carboxylic acids is 1. The van der Waals surface area contributed by atoms with E-state index < -0.39 is 5.91 Å². The second-order valence-corrected chi connectivity index (χ2v) is 6.93. The minimum atomic E-state index is -0.596. The van der Waals surface area contributed by atoms with E-state index in [1.165, 1.54) is 11.6 Å². The number of nitrogens with one attached hydrogen (secondary N) is 2. The molecule has 0 atom stereocenters. The number of piperidine rings is 1. The number of carbonyl (C=O) groups is 1. The van der Waals surface area contributed by atoms with Gasteiger partial charge in [-0.15, -0.1) is 24.8 Å². The maximum atomic E-state index is 11.0. The first kappa shape index (κ1) is 24.9. The minimum absolute atomic E-state index is 0. The largest absolute Gasteiger partial charge is 0.366 e. The molecule has 1 saturated heterocycles. The number of nitrogens with zero attached hydrogens (tertiary/aromatic N) is 2. The summed E-state index contributed by atoms with van der Waals surface area (Å²) in [7, 11) is 0. The molecule has 1 amide bonds. The molecule has 26 heavy (non-hydrogen) atoms. The highest BCUT2D eigenvalue weighted by Crippen LogP contribution is 2.24. The van der Waals surface area contributed by atoms with Gasteiger partial charge in [-0.2, -0.15) is 0 Å². The summed E-state index contributed by atoms with van der Waals surface area (Å²) in [5, 5.41) is 12.4. The van der Waals surface area contributed by atoms with Crippen LogP contribution < -0.4 is 10.8 Å². The van der Waals surface area contributed by atoms with E-state index in [2.05, 4.69) is 29.0 Å². The molecule has 148 valence electrons. The first-order valence-electron chi connectivity index (χ1n) is 8.24. The van der Waals surface area contributed by atoms with E-state index in [0.29, 0.717) is 28.4 Å². The lowest BCUT2D eigenvalue weighted by molar-refractivity contribution is -0.124. The molecule has 0 bridgehead atoms. The highest BCUT2D eigenvalue weighted by atomic mass is 35.5. The van der Waals surface area contributed by atoms with Gasteiger partial charge in [-0.3, -0.25) is 10.0 Å². The first-order chi connectivity index (χ1) is 11.5. The molecule has 6 nitrogen and oxygen atoms in total. The van der Waals surface area contributed by atoms with Gasteiger partial charge in [0.15, 0.2) is 0 Å². The van der Waals surface area contributed by atoms with Gasteiger partial charge in [-0.05, 0) is 36.5 Å². The minimum Gasteiger partial charge on any atom is -0.366 e. The summed E-state index contributed by atoms with van der Waals surface area (Å²) in [6.07, 6.45) is 6.54. The van der Waals surface area contributed by atoms with Crippen LogP contribution in [0.2, 0.25) is 5.02 Å². The number of anilines is 1. The van der Waals surface area contributed by atoms with Crippen LogP contribution in [-0.4, -0.2) is 46.7 Å². The lowest BCUT2D eigenvalue weighted by Gasteiger charge is -2.33. The molecule has 2 heterocycles. The van der Waals surface area contributed by atoms with Crippen molar-refractivity contribution in [3.63, 3.8) is 0 Å². The number of rotatable bonds is 6. The van der Waals surface area contributed by atoms with E-state index in [0.717, 1.165) is 32.5 Å². The zero-order valence-corrected chi connectivity index (χ0v) is 17.3. The monoisotopic (exact) mass is 424 g/mol. The Labute approximate surface area is 172 Å². The van der Waals surface area contributed by atoms with Gasteiger partial charge in [0.05, 0.1) is 5.02 Å². The number of hydroxylamine groups is 1. The van der Waals surface area contributed by atoms with Crippen LogP contribution in [0.1, 0.15) is 32.3 Å². The Bertz CT molecular complexity index is 591. The smallest absolute Gasteiger partial charge is 0.267 e. The van der Waals surface area contributed by atoms with Crippen molar-refractivity contribution >= 4 is 54.2 Å². The Morgan fingerprint density at radius 2 is 2.08 bits per heavy atom. The molecule has 0 aromatic carbocycles. The fourth-order valence-electron chi connectivity index (χ4n) is 2.83. The van der Waals surface area contributed by atoms with Crippen LogP contribution in [0.3, 0.4) is 0 Å². The number of amides is 1. The third kappa shape index (κ3) is 8.10. The van der Waals surface area contributed by atoms with Gasteiger partial charge in [-0.25, -0.2) is 10.5 Å². The van der Waals surface area contributed by atoms with Gasteiger partial charge in [0.2, 0.25) is 0 Å². The summed E-state index contributed by atoms with van der Waals surface area (Å²) in [4.78, 5) is 17.8. The maximum absolute atomic E-state index is 11.0. The van der Waals surface area contributed by atoms with Gasteiger partial charge in [0.25, 0.3) is 5.91 Å². The molecule has 3 N–H and O–H groups in total. The zero-order chi connectivity index (χ0) is 17.5. The predicted octanol–water partition coefficient (Wildman–Crippen LogP) is 3.63. The third-order valence-corrected chi connectivity index (χ3v) is 4.24.